The highest BCUT2D eigenvalue weighted by atomic mass is 16.3. The summed E-state index contributed by atoms with van der Waals surface area (Å²) in [7, 11) is 0. The van der Waals surface area contributed by atoms with E-state index in [9.17, 15) is 5.11 Å². The molecular formula is C18H39NO. The molecule has 0 aromatic rings. The van der Waals surface area contributed by atoms with Gasteiger partial charge in [0.25, 0.3) is 0 Å². The molecule has 0 aromatic carbocycles. The van der Waals surface area contributed by atoms with Gasteiger partial charge in [-0.15, -0.1) is 0 Å². The summed E-state index contributed by atoms with van der Waals surface area (Å²) in [5.74, 6) is 0. The van der Waals surface area contributed by atoms with Crippen LogP contribution < -0.4 is 0 Å². The molecule has 0 aliphatic rings. The number of nitrogens with zero attached hydrogens (tertiary/aromatic N) is 1. The van der Waals surface area contributed by atoms with Crippen LogP contribution in [0.5, 0.6) is 0 Å². The van der Waals surface area contributed by atoms with Gasteiger partial charge in [0.2, 0.25) is 0 Å². The van der Waals surface area contributed by atoms with Crippen molar-refractivity contribution in [2.75, 3.05) is 6.54 Å². The zero-order chi connectivity index (χ0) is 15.4. The smallest absolute Gasteiger partial charge is 0.0667 e. The number of aliphatic hydroxyl groups is 1. The Morgan fingerprint density at radius 3 is 1.55 bits per heavy atom. The first-order valence-electron chi connectivity index (χ1n) is 9.00. The molecule has 3 unspecified atom stereocenters. The van der Waals surface area contributed by atoms with Crippen LogP contribution in [0, 0.1) is 0 Å². The summed E-state index contributed by atoms with van der Waals surface area (Å²) in [6.07, 6.45) is 10.7. The Hall–Kier alpha value is -0.0800. The van der Waals surface area contributed by atoms with Crippen molar-refractivity contribution in [1.82, 2.24) is 4.90 Å². The molecule has 0 saturated carbocycles. The van der Waals surface area contributed by atoms with E-state index in [1.165, 1.54) is 44.9 Å². The Bertz CT molecular complexity index is 194. The van der Waals surface area contributed by atoms with E-state index < -0.39 is 0 Å². The van der Waals surface area contributed by atoms with Gasteiger partial charge in [0.15, 0.2) is 0 Å². The van der Waals surface area contributed by atoms with Crippen molar-refractivity contribution in [3.63, 3.8) is 0 Å². The van der Waals surface area contributed by atoms with Gasteiger partial charge in [0, 0.05) is 18.6 Å². The van der Waals surface area contributed by atoms with Crippen LogP contribution in [0.3, 0.4) is 0 Å². The highest BCUT2D eigenvalue weighted by Crippen LogP contribution is 2.18. The SMILES string of the molecule is CCCCC(O)CN(C(C)CCCC)C(C)CCCC. The number of hydrogen-bond donors (Lipinski definition) is 1. The second-order valence-corrected chi connectivity index (χ2v) is 6.48. The highest BCUT2D eigenvalue weighted by molar-refractivity contribution is 4.77. The van der Waals surface area contributed by atoms with Gasteiger partial charge in [-0.05, 0) is 33.1 Å². The van der Waals surface area contributed by atoms with Gasteiger partial charge in [-0.1, -0.05) is 59.3 Å². The fourth-order valence-corrected chi connectivity index (χ4v) is 2.90. The third-order valence-corrected chi connectivity index (χ3v) is 4.40. The summed E-state index contributed by atoms with van der Waals surface area (Å²) in [6.45, 7) is 12.2. The molecule has 0 rings (SSSR count). The minimum atomic E-state index is -0.150. The van der Waals surface area contributed by atoms with Crippen molar-refractivity contribution in [2.45, 2.75) is 111 Å². The van der Waals surface area contributed by atoms with E-state index >= 15 is 0 Å². The van der Waals surface area contributed by atoms with E-state index in [0.29, 0.717) is 12.1 Å². The van der Waals surface area contributed by atoms with Crippen molar-refractivity contribution in [2.24, 2.45) is 0 Å². The summed E-state index contributed by atoms with van der Waals surface area (Å²) >= 11 is 0. The number of hydrogen-bond acceptors (Lipinski definition) is 2. The van der Waals surface area contributed by atoms with Crippen LogP contribution in [0.15, 0.2) is 0 Å². The number of unbranched alkanes of at least 4 members (excludes halogenated alkanes) is 3. The van der Waals surface area contributed by atoms with E-state index in [4.69, 9.17) is 0 Å². The lowest BCUT2D eigenvalue weighted by atomic mass is 10.0. The molecule has 0 saturated heterocycles. The summed E-state index contributed by atoms with van der Waals surface area (Å²) in [5, 5.41) is 10.3. The minimum absolute atomic E-state index is 0.150. The van der Waals surface area contributed by atoms with Gasteiger partial charge in [0.05, 0.1) is 6.10 Å². The minimum Gasteiger partial charge on any atom is -0.392 e. The monoisotopic (exact) mass is 285 g/mol. The summed E-state index contributed by atoms with van der Waals surface area (Å²) in [6, 6.07) is 1.19. The molecule has 0 heterocycles. The Morgan fingerprint density at radius 1 is 0.750 bits per heavy atom. The fraction of sp³-hybridized carbons (Fsp3) is 1.00. The van der Waals surface area contributed by atoms with Crippen LogP contribution in [0.1, 0.15) is 92.4 Å². The van der Waals surface area contributed by atoms with Crippen LogP contribution in [-0.4, -0.2) is 34.7 Å². The van der Waals surface area contributed by atoms with Crippen LogP contribution in [0.4, 0.5) is 0 Å². The van der Waals surface area contributed by atoms with E-state index in [2.05, 4.69) is 39.5 Å². The molecule has 0 aliphatic carbocycles. The van der Waals surface area contributed by atoms with Gasteiger partial charge in [0.1, 0.15) is 0 Å². The predicted octanol–water partition coefficient (Wildman–Crippen LogP) is 5.00. The molecule has 0 amide bonds. The van der Waals surface area contributed by atoms with Gasteiger partial charge < -0.3 is 5.11 Å². The predicted molar refractivity (Wildman–Crippen MR) is 90.2 cm³/mol. The van der Waals surface area contributed by atoms with Crippen LogP contribution in [0.25, 0.3) is 0 Å². The average molecular weight is 286 g/mol. The average Bonchev–Trinajstić information content (AvgIpc) is 2.45. The Morgan fingerprint density at radius 2 is 1.15 bits per heavy atom. The molecule has 2 heteroatoms. The van der Waals surface area contributed by atoms with E-state index in [1.807, 2.05) is 0 Å². The summed E-state index contributed by atoms with van der Waals surface area (Å²) in [4.78, 5) is 2.56. The summed E-state index contributed by atoms with van der Waals surface area (Å²) in [5.41, 5.74) is 0. The zero-order valence-electron chi connectivity index (χ0n) is 14.7. The van der Waals surface area contributed by atoms with Crippen molar-refractivity contribution in [1.29, 1.82) is 0 Å². The number of aliphatic hydroxyl groups excluding tert-OH is 1. The molecule has 0 radical (unpaired) electrons. The lowest BCUT2D eigenvalue weighted by Gasteiger charge is -2.36. The lowest BCUT2D eigenvalue weighted by Crippen LogP contribution is -2.44. The fourth-order valence-electron chi connectivity index (χ4n) is 2.90. The molecular weight excluding hydrogens is 246 g/mol. The third kappa shape index (κ3) is 8.97. The normalized spacial score (nSPS) is 16.4. The van der Waals surface area contributed by atoms with Crippen LogP contribution >= 0.6 is 0 Å². The number of rotatable bonds is 13. The first-order chi connectivity index (χ1) is 9.56. The molecule has 0 aromatic heterocycles. The maximum Gasteiger partial charge on any atom is 0.0667 e. The highest BCUT2D eigenvalue weighted by Gasteiger charge is 2.22. The standard InChI is InChI=1S/C18H39NO/c1-6-9-12-16(4)19(17(5)13-10-7-2)15-18(20)14-11-8-3/h16-18,20H,6-15H2,1-5H3. The molecule has 0 aliphatic heterocycles. The van der Waals surface area contributed by atoms with Gasteiger partial charge >= 0.3 is 0 Å². The molecule has 0 bridgehead atoms. The second-order valence-electron chi connectivity index (χ2n) is 6.48. The summed E-state index contributed by atoms with van der Waals surface area (Å²) < 4.78 is 0. The van der Waals surface area contributed by atoms with Gasteiger partial charge in [-0.25, -0.2) is 0 Å². The Kier molecular flexibility index (Phi) is 12.6. The molecule has 122 valence electrons. The van der Waals surface area contributed by atoms with Gasteiger partial charge in [-0.3, -0.25) is 4.90 Å². The second kappa shape index (κ2) is 12.6. The third-order valence-electron chi connectivity index (χ3n) is 4.40. The Labute approximate surface area is 127 Å². The maximum atomic E-state index is 10.3. The largest absolute Gasteiger partial charge is 0.392 e. The molecule has 2 nitrogen and oxygen atoms in total. The first-order valence-corrected chi connectivity index (χ1v) is 9.00. The van der Waals surface area contributed by atoms with Crippen molar-refractivity contribution >= 4 is 0 Å². The lowest BCUT2D eigenvalue weighted by molar-refractivity contribution is 0.0536. The maximum absolute atomic E-state index is 10.3. The topological polar surface area (TPSA) is 23.5 Å². The van der Waals surface area contributed by atoms with E-state index in [0.717, 1.165) is 19.4 Å². The quantitative estimate of drug-likeness (QED) is 0.515. The zero-order valence-corrected chi connectivity index (χ0v) is 14.7. The van der Waals surface area contributed by atoms with Crippen LogP contribution in [-0.2, 0) is 0 Å². The molecule has 1 N–H and O–H groups in total. The molecule has 0 fully saturated rings. The van der Waals surface area contributed by atoms with E-state index in [1.54, 1.807) is 0 Å². The first kappa shape index (κ1) is 19.9. The van der Waals surface area contributed by atoms with E-state index in [-0.39, 0.29) is 6.10 Å². The van der Waals surface area contributed by atoms with Crippen molar-refractivity contribution in [3.05, 3.63) is 0 Å². The van der Waals surface area contributed by atoms with Crippen molar-refractivity contribution in [3.8, 4) is 0 Å². The van der Waals surface area contributed by atoms with Crippen LogP contribution in [0.2, 0.25) is 0 Å². The van der Waals surface area contributed by atoms with Crippen molar-refractivity contribution < 1.29 is 5.11 Å². The molecule has 20 heavy (non-hydrogen) atoms. The molecule has 0 spiro atoms. The Balaban J connectivity index is 4.43. The van der Waals surface area contributed by atoms with Gasteiger partial charge in [-0.2, -0.15) is 0 Å². The molecule has 3 atom stereocenters.